The number of piperazine rings is 1. The van der Waals surface area contributed by atoms with E-state index in [2.05, 4.69) is 14.9 Å². The van der Waals surface area contributed by atoms with Crippen molar-refractivity contribution in [2.75, 3.05) is 37.7 Å². The molecule has 1 aromatic carbocycles. The molecule has 0 N–H and O–H groups in total. The van der Waals surface area contributed by atoms with Crippen molar-refractivity contribution < 1.29 is 26.7 Å². The molecule has 0 saturated carbocycles. The van der Waals surface area contributed by atoms with Crippen LogP contribution in [0.3, 0.4) is 0 Å². The zero-order valence-electron chi connectivity index (χ0n) is 16.1. The molecule has 2 aliphatic heterocycles. The number of aromatic nitrogens is 2. The van der Waals surface area contributed by atoms with Gasteiger partial charge in [0.1, 0.15) is 17.1 Å². The Balaban J connectivity index is 1.34. The molecule has 1 aromatic heterocycles. The Morgan fingerprint density at radius 2 is 1.77 bits per heavy atom. The summed E-state index contributed by atoms with van der Waals surface area (Å²) in [6, 6.07) is 2.74. The number of ether oxygens (including phenoxy) is 1. The number of anilines is 1. The lowest BCUT2D eigenvalue weighted by Crippen LogP contribution is -2.57. The Labute approximate surface area is 170 Å². The van der Waals surface area contributed by atoms with Gasteiger partial charge in [-0.25, -0.2) is 18.7 Å². The van der Waals surface area contributed by atoms with Crippen molar-refractivity contribution in [3.05, 3.63) is 47.8 Å². The molecule has 0 radical (unpaired) electrons. The van der Waals surface area contributed by atoms with Crippen molar-refractivity contribution in [1.29, 1.82) is 0 Å². The minimum absolute atomic E-state index is 0.0843. The first-order chi connectivity index (χ1) is 14.3. The van der Waals surface area contributed by atoms with Crippen LogP contribution in [0.5, 0.6) is 5.75 Å². The fourth-order valence-electron chi connectivity index (χ4n) is 4.10. The number of hydrogen-bond donors (Lipinski definition) is 0. The number of nitrogens with zero attached hydrogens (tertiary/aromatic N) is 4. The lowest BCUT2D eigenvalue weighted by atomic mass is 9.91. The number of rotatable bonds is 4. The molecule has 30 heavy (non-hydrogen) atoms. The largest absolute Gasteiger partial charge is 0.493 e. The van der Waals surface area contributed by atoms with Crippen LogP contribution in [0.1, 0.15) is 18.4 Å². The molecule has 2 saturated heterocycles. The maximum absolute atomic E-state index is 13.2. The monoisotopic (exact) mass is 428 g/mol. The average Bonchev–Trinajstić information content (AvgIpc) is 2.72. The minimum Gasteiger partial charge on any atom is -0.493 e. The summed E-state index contributed by atoms with van der Waals surface area (Å²) >= 11 is 0. The van der Waals surface area contributed by atoms with E-state index in [1.54, 1.807) is 0 Å². The van der Waals surface area contributed by atoms with E-state index in [1.165, 1.54) is 0 Å². The van der Waals surface area contributed by atoms with E-state index in [0.717, 1.165) is 50.5 Å². The van der Waals surface area contributed by atoms with Crippen LogP contribution in [0.4, 0.5) is 27.9 Å². The third-order valence-corrected chi connectivity index (χ3v) is 5.62. The zero-order chi connectivity index (χ0) is 21.3. The number of fused-ring (bicyclic) bond motifs is 1. The summed E-state index contributed by atoms with van der Waals surface area (Å²) in [7, 11) is 0. The van der Waals surface area contributed by atoms with Gasteiger partial charge in [0.05, 0.1) is 19.0 Å². The normalized spacial score (nSPS) is 22.6. The van der Waals surface area contributed by atoms with Gasteiger partial charge in [0, 0.05) is 38.1 Å². The maximum atomic E-state index is 13.2. The summed E-state index contributed by atoms with van der Waals surface area (Å²) in [5.41, 5.74) is -1.09. The summed E-state index contributed by atoms with van der Waals surface area (Å²) in [4.78, 5) is 12.4. The van der Waals surface area contributed by atoms with Crippen LogP contribution < -0.4 is 9.64 Å². The highest BCUT2D eigenvalue weighted by Gasteiger charge is 2.36. The van der Waals surface area contributed by atoms with E-state index in [-0.39, 0.29) is 24.3 Å². The second kappa shape index (κ2) is 8.33. The maximum Gasteiger partial charge on any atom is 0.420 e. The predicted octanol–water partition coefficient (Wildman–Crippen LogP) is 3.75. The lowest BCUT2D eigenvalue weighted by Gasteiger charge is -2.46. The van der Waals surface area contributed by atoms with Crippen molar-refractivity contribution in [3.63, 3.8) is 0 Å². The van der Waals surface area contributed by atoms with Crippen LogP contribution in [-0.4, -0.2) is 53.7 Å². The van der Waals surface area contributed by atoms with Gasteiger partial charge in [0.2, 0.25) is 5.95 Å². The summed E-state index contributed by atoms with van der Waals surface area (Å²) in [6.07, 6.45) is -0.710. The fourth-order valence-corrected chi connectivity index (χ4v) is 4.10. The summed E-state index contributed by atoms with van der Waals surface area (Å²) in [6.45, 7) is 3.02. The third kappa shape index (κ3) is 4.63. The number of halogens is 5. The van der Waals surface area contributed by atoms with E-state index < -0.39 is 23.4 Å². The van der Waals surface area contributed by atoms with Crippen LogP contribution in [0.2, 0.25) is 0 Å². The predicted molar refractivity (Wildman–Crippen MR) is 99.2 cm³/mol. The Bertz CT molecular complexity index is 876. The van der Waals surface area contributed by atoms with Crippen molar-refractivity contribution in [1.82, 2.24) is 14.9 Å². The number of alkyl halides is 3. The second-order valence-corrected chi connectivity index (χ2v) is 7.69. The van der Waals surface area contributed by atoms with Gasteiger partial charge >= 0.3 is 6.18 Å². The van der Waals surface area contributed by atoms with Crippen molar-refractivity contribution >= 4 is 5.95 Å². The highest BCUT2D eigenvalue weighted by Crippen LogP contribution is 2.37. The Kier molecular flexibility index (Phi) is 5.77. The number of benzene rings is 1. The first-order valence-corrected chi connectivity index (χ1v) is 9.75. The Morgan fingerprint density at radius 3 is 2.50 bits per heavy atom. The van der Waals surface area contributed by atoms with E-state index in [0.29, 0.717) is 25.1 Å². The third-order valence-electron chi connectivity index (χ3n) is 5.62. The van der Waals surface area contributed by atoms with Crippen LogP contribution in [0.15, 0.2) is 30.6 Å². The molecule has 0 amide bonds. The molecule has 0 bridgehead atoms. The molecule has 2 aliphatic rings. The molecule has 0 spiro atoms. The van der Waals surface area contributed by atoms with E-state index in [1.807, 2.05) is 4.90 Å². The van der Waals surface area contributed by atoms with Crippen LogP contribution in [-0.2, 0) is 6.18 Å². The Hall–Kier alpha value is -2.49. The van der Waals surface area contributed by atoms with Gasteiger partial charge in [0.15, 0.2) is 5.82 Å². The molecular weight excluding hydrogens is 407 g/mol. The average molecular weight is 428 g/mol. The summed E-state index contributed by atoms with van der Waals surface area (Å²) < 4.78 is 71.1. The van der Waals surface area contributed by atoms with E-state index in [4.69, 9.17) is 4.74 Å². The molecule has 2 aromatic rings. The molecule has 2 fully saturated rings. The van der Waals surface area contributed by atoms with Crippen LogP contribution in [0, 0.1) is 17.6 Å². The topological polar surface area (TPSA) is 41.5 Å². The zero-order valence-corrected chi connectivity index (χ0v) is 16.1. The molecule has 0 aliphatic carbocycles. The molecule has 162 valence electrons. The molecule has 2 atom stereocenters. The van der Waals surface area contributed by atoms with E-state index in [9.17, 15) is 22.0 Å². The molecule has 3 heterocycles. The van der Waals surface area contributed by atoms with Crippen LogP contribution in [0.25, 0.3) is 0 Å². The number of hydrogen-bond acceptors (Lipinski definition) is 5. The standard InChI is InChI=1S/C20H21F5N4O/c21-14-2-4-18(17(7-14)20(23,24)25)30-12-13-1-3-16-11-29(6-5-28(16)10-13)19-26-8-15(22)9-27-19/h2,4,7-9,13,16H,1,3,5-6,10-12H2/t13-,16-/m0/s1. The first kappa shape index (κ1) is 20.8. The van der Waals surface area contributed by atoms with Gasteiger partial charge in [-0.05, 0) is 31.0 Å². The highest BCUT2D eigenvalue weighted by atomic mass is 19.4. The minimum atomic E-state index is -4.67. The lowest BCUT2D eigenvalue weighted by molar-refractivity contribution is -0.139. The smallest absolute Gasteiger partial charge is 0.420 e. The summed E-state index contributed by atoms with van der Waals surface area (Å²) in [5, 5.41) is 0. The quantitative estimate of drug-likeness (QED) is 0.694. The molecule has 4 rings (SSSR count). The van der Waals surface area contributed by atoms with Gasteiger partial charge in [-0.2, -0.15) is 13.2 Å². The SMILES string of the molecule is Fc1cnc(N2CCN3C[C@@H](COc4ccc(F)cc4C(F)(F)F)CC[C@H]3C2)nc1. The van der Waals surface area contributed by atoms with Gasteiger partial charge in [0.25, 0.3) is 0 Å². The van der Waals surface area contributed by atoms with Crippen molar-refractivity contribution in [2.24, 2.45) is 5.92 Å². The van der Waals surface area contributed by atoms with Crippen LogP contribution >= 0.6 is 0 Å². The number of piperidine rings is 1. The van der Waals surface area contributed by atoms with Gasteiger partial charge in [-0.15, -0.1) is 0 Å². The Morgan fingerprint density at radius 1 is 1.00 bits per heavy atom. The molecule has 10 heteroatoms. The summed E-state index contributed by atoms with van der Waals surface area (Å²) in [5.74, 6) is -1.19. The van der Waals surface area contributed by atoms with Crippen molar-refractivity contribution in [2.45, 2.75) is 25.1 Å². The van der Waals surface area contributed by atoms with Gasteiger partial charge in [-0.1, -0.05) is 0 Å². The molecule has 0 unspecified atom stereocenters. The van der Waals surface area contributed by atoms with E-state index >= 15 is 0 Å². The van der Waals surface area contributed by atoms with Gasteiger partial charge < -0.3 is 9.64 Å². The first-order valence-electron chi connectivity index (χ1n) is 9.75. The van der Waals surface area contributed by atoms with Crippen molar-refractivity contribution in [3.8, 4) is 5.75 Å². The highest BCUT2D eigenvalue weighted by molar-refractivity contribution is 5.36. The molecular formula is C20H21F5N4O. The van der Waals surface area contributed by atoms with Gasteiger partial charge in [-0.3, -0.25) is 4.90 Å². The second-order valence-electron chi connectivity index (χ2n) is 7.69. The fraction of sp³-hybridized carbons (Fsp3) is 0.500. The molecule has 5 nitrogen and oxygen atoms in total.